The van der Waals surface area contributed by atoms with Crippen LogP contribution in [0, 0.1) is 11.3 Å². The van der Waals surface area contributed by atoms with E-state index in [1.54, 1.807) is 0 Å². The highest BCUT2D eigenvalue weighted by molar-refractivity contribution is 9.39. The first-order valence-corrected chi connectivity index (χ1v) is 6.72. The lowest BCUT2D eigenvalue weighted by molar-refractivity contribution is -0.139. The van der Waals surface area contributed by atoms with E-state index in [1.165, 1.54) is 0 Å². The lowest BCUT2D eigenvalue weighted by Gasteiger charge is -2.48. The van der Waals surface area contributed by atoms with Crippen LogP contribution in [0.1, 0.15) is 20.3 Å². The number of carbonyl (C=O) groups excluding carboxylic acids is 1. The summed E-state index contributed by atoms with van der Waals surface area (Å²) in [5.41, 5.74) is -0.0980. The van der Waals surface area contributed by atoms with Crippen LogP contribution in [-0.4, -0.2) is 13.3 Å². The van der Waals surface area contributed by atoms with Gasteiger partial charge in [0.05, 0.1) is 5.38 Å². The van der Waals surface area contributed by atoms with Crippen molar-refractivity contribution in [1.29, 1.82) is 0 Å². The summed E-state index contributed by atoms with van der Waals surface area (Å²) in [6.07, 6.45) is 0.696. The molecular weight excluding hydrogens is 387 g/mol. The predicted octanol–water partition coefficient (Wildman–Crippen LogP) is 4.05. The maximum atomic E-state index is 11.5. The fraction of sp³-hybridized carbons (Fsp3) is 0.875. The minimum absolute atomic E-state index is 0.0214. The number of hydrogen-bond donors (Lipinski definition) is 0. The Bertz CT molecular complexity index is 234. The van der Waals surface area contributed by atoms with E-state index in [0.717, 1.165) is 0 Å². The molecule has 0 radical (unpaired) electrons. The molecule has 1 saturated carbocycles. The highest BCUT2D eigenvalue weighted by Gasteiger charge is 2.56. The van der Waals surface area contributed by atoms with Gasteiger partial charge in [0.15, 0.2) is 5.78 Å². The molecule has 0 N–H and O–H groups in total. The number of halogens is 4. The monoisotopic (exact) mass is 394 g/mol. The molecule has 76 valence electrons. The Kier molecular flexibility index (Phi) is 3.61. The fourth-order valence-corrected chi connectivity index (χ4v) is 2.86. The van der Waals surface area contributed by atoms with Gasteiger partial charge in [0.25, 0.3) is 0 Å². The normalized spacial score (nSPS) is 32.9. The van der Waals surface area contributed by atoms with Gasteiger partial charge in [-0.05, 0) is 11.8 Å². The molecule has 0 aromatic heterocycles. The summed E-state index contributed by atoms with van der Waals surface area (Å²) in [4.78, 5) is 11.5. The first-order chi connectivity index (χ1) is 5.66. The van der Waals surface area contributed by atoms with Gasteiger partial charge in [0.1, 0.15) is 2.14 Å². The first-order valence-electron chi connectivity index (χ1n) is 3.91. The van der Waals surface area contributed by atoms with Gasteiger partial charge in [-0.3, -0.25) is 4.79 Å². The van der Waals surface area contributed by atoms with E-state index in [-0.39, 0.29) is 24.6 Å². The minimum Gasteiger partial charge on any atom is -0.298 e. The van der Waals surface area contributed by atoms with Gasteiger partial charge in [-0.15, -0.1) is 11.6 Å². The summed E-state index contributed by atoms with van der Waals surface area (Å²) >= 11 is 16.1. The summed E-state index contributed by atoms with van der Waals surface area (Å²) in [6, 6.07) is 0. The summed E-state index contributed by atoms with van der Waals surface area (Å²) in [6.45, 7) is 4.05. The Hall–Kier alpha value is 1.40. The summed E-state index contributed by atoms with van der Waals surface area (Å²) in [5, 5.41) is -0.327. The highest BCUT2D eigenvalue weighted by atomic mass is 80.0. The van der Waals surface area contributed by atoms with Gasteiger partial charge in [0.2, 0.25) is 0 Å². The molecule has 0 unspecified atom stereocenters. The molecule has 13 heavy (non-hydrogen) atoms. The molecule has 0 aromatic carbocycles. The van der Waals surface area contributed by atoms with Crippen molar-refractivity contribution in [1.82, 2.24) is 0 Å². The zero-order valence-electron chi connectivity index (χ0n) is 7.28. The van der Waals surface area contributed by atoms with Crippen molar-refractivity contribution in [2.24, 2.45) is 11.3 Å². The molecule has 1 aliphatic rings. The van der Waals surface area contributed by atoms with Crippen LogP contribution >= 0.6 is 59.4 Å². The van der Waals surface area contributed by atoms with E-state index in [0.29, 0.717) is 6.42 Å². The van der Waals surface area contributed by atoms with Crippen molar-refractivity contribution in [3.63, 3.8) is 0 Å². The number of alkyl halides is 4. The average molecular weight is 397 g/mol. The molecule has 0 spiro atoms. The molecule has 1 fully saturated rings. The second kappa shape index (κ2) is 3.76. The maximum Gasteiger partial charge on any atom is 0.155 e. The van der Waals surface area contributed by atoms with Crippen LogP contribution < -0.4 is 0 Å². The van der Waals surface area contributed by atoms with Gasteiger partial charge < -0.3 is 0 Å². The van der Waals surface area contributed by atoms with Crippen LogP contribution in [-0.2, 0) is 4.79 Å². The second-order valence-electron chi connectivity index (χ2n) is 3.96. The average Bonchev–Trinajstić information content (AvgIpc) is 1.96. The van der Waals surface area contributed by atoms with E-state index in [2.05, 4.69) is 47.8 Å². The lowest BCUT2D eigenvalue weighted by Crippen LogP contribution is -2.56. The molecule has 0 heterocycles. The van der Waals surface area contributed by atoms with Crippen LogP contribution in [0.4, 0.5) is 0 Å². The zero-order valence-corrected chi connectivity index (χ0v) is 12.8. The lowest BCUT2D eigenvalue weighted by atomic mass is 9.60. The van der Waals surface area contributed by atoms with Gasteiger partial charge in [0, 0.05) is 5.92 Å². The summed E-state index contributed by atoms with van der Waals surface area (Å²) < 4.78 is -0.346. The molecule has 0 saturated heterocycles. The number of ketones is 1. The van der Waals surface area contributed by atoms with Crippen molar-refractivity contribution in [2.75, 3.05) is 0 Å². The zero-order chi connectivity index (χ0) is 10.4. The Morgan fingerprint density at radius 1 is 1.46 bits per heavy atom. The topological polar surface area (TPSA) is 17.1 Å². The van der Waals surface area contributed by atoms with Crippen molar-refractivity contribution in [3.05, 3.63) is 0 Å². The largest absolute Gasteiger partial charge is 0.298 e. The van der Waals surface area contributed by atoms with E-state index in [4.69, 9.17) is 11.6 Å². The fourth-order valence-electron chi connectivity index (χ4n) is 1.59. The molecule has 1 nitrogen and oxygen atoms in total. The molecule has 0 amide bonds. The Morgan fingerprint density at radius 2 is 1.92 bits per heavy atom. The minimum atomic E-state index is -0.346. The summed E-state index contributed by atoms with van der Waals surface area (Å²) in [5.74, 6) is 0.169. The van der Waals surface area contributed by atoms with Crippen molar-refractivity contribution in [3.8, 4) is 0 Å². The highest BCUT2D eigenvalue weighted by Crippen LogP contribution is 2.53. The predicted molar refractivity (Wildman–Crippen MR) is 66.0 cm³/mol. The van der Waals surface area contributed by atoms with E-state index < -0.39 is 0 Å². The van der Waals surface area contributed by atoms with Crippen LogP contribution in [0.5, 0.6) is 0 Å². The molecule has 2 atom stereocenters. The van der Waals surface area contributed by atoms with Crippen LogP contribution in [0.25, 0.3) is 0 Å². The van der Waals surface area contributed by atoms with Crippen molar-refractivity contribution in [2.45, 2.75) is 27.8 Å². The van der Waals surface area contributed by atoms with Gasteiger partial charge in [-0.25, -0.2) is 0 Å². The van der Waals surface area contributed by atoms with Gasteiger partial charge in [-0.1, -0.05) is 61.6 Å². The number of Topliss-reactive ketones (excluding diaryl/α,β-unsaturated/α-hetero) is 1. The van der Waals surface area contributed by atoms with Gasteiger partial charge >= 0.3 is 0 Å². The number of hydrogen-bond acceptors (Lipinski definition) is 1. The quantitative estimate of drug-likeness (QED) is 0.611. The number of rotatable bonds is 1. The Balaban J connectivity index is 2.68. The van der Waals surface area contributed by atoms with E-state index in [9.17, 15) is 4.79 Å². The molecule has 0 aromatic rings. The molecular formula is C8H10Br3ClO. The smallest absolute Gasteiger partial charge is 0.155 e. The van der Waals surface area contributed by atoms with E-state index >= 15 is 0 Å². The standard InChI is InChI=1S/C8H10Br3ClO/c1-7(2)4(3-8(9,10)11)5(13)6(7)12/h4,6H,3H2,1-2H3/t4-,6+/m1/s1. The van der Waals surface area contributed by atoms with Gasteiger partial charge in [-0.2, -0.15) is 0 Å². The SMILES string of the molecule is CC1(C)[C@H](CC(Br)(Br)Br)C(=O)[C@@H]1Cl. The molecule has 0 aliphatic heterocycles. The summed E-state index contributed by atoms with van der Waals surface area (Å²) in [7, 11) is 0. The third-order valence-electron chi connectivity index (χ3n) is 2.58. The molecule has 1 aliphatic carbocycles. The van der Waals surface area contributed by atoms with Crippen molar-refractivity contribution < 1.29 is 4.79 Å². The third-order valence-corrected chi connectivity index (χ3v) is 4.33. The molecule has 5 heteroatoms. The molecule has 1 rings (SSSR count). The second-order valence-corrected chi connectivity index (χ2v) is 11.6. The van der Waals surface area contributed by atoms with Crippen molar-refractivity contribution >= 4 is 65.2 Å². The van der Waals surface area contributed by atoms with Crippen LogP contribution in [0.15, 0.2) is 0 Å². The van der Waals surface area contributed by atoms with E-state index in [1.807, 2.05) is 13.8 Å². The Morgan fingerprint density at radius 3 is 2.23 bits per heavy atom. The van der Waals surface area contributed by atoms with Crippen LogP contribution in [0.3, 0.4) is 0 Å². The third kappa shape index (κ3) is 2.50. The Labute approximate surface area is 108 Å². The van der Waals surface area contributed by atoms with Crippen LogP contribution in [0.2, 0.25) is 0 Å². The molecule has 0 bridgehead atoms. The maximum absolute atomic E-state index is 11.5. The first kappa shape index (κ1) is 12.5. The number of carbonyl (C=O) groups is 1.